The Balaban J connectivity index is 2.03. The Kier molecular flexibility index (Phi) is 4.33. The molecule has 2 heterocycles. The first kappa shape index (κ1) is 14.4. The van der Waals surface area contributed by atoms with E-state index in [1.54, 1.807) is 13.8 Å². The van der Waals surface area contributed by atoms with Crippen LogP contribution < -0.4 is 10.6 Å². The summed E-state index contributed by atoms with van der Waals surface area (Å²) in [5, 5.41) is 18.2. The zero-order chi connectivity index (χ0) is 14.7. The number of carboxylic acids is 1. The molecule has 3 N–H and O–H groups in total. The van der Waals surface area contributed by atoms with E-state index in [1.165, 1.54) is 0 Å². The summed E-state index contributed by atoms with van der Waals surface area (Å²) in [7, 11) is 0. The summed E-state index contributed by atoms with van der Waals surface area (Å²) in [6, 6.07) is -1.00. The number of hydrogen-bond donors (Lipinski definition) is 3. The van der Waals surface area contributed by atoms with Crippen molar-refractivity contribution in [3.63, 3.8) is 0 Å². The summed E-state index contributed by atoms with van der Waals surface area (Å²) in [5.41, 5.74) is 0. The Morgan fingerprint density at radius 1 is 1.50 bits per heavy atom. The van der Waals surface area contributed by atoms with Crippen molar-refractivity contribution < 1.29 is 19.2 Å². The molecule has 0 aromatic carbocycles. The highest BCUT2D eigenvalue weighted by Gasteiger charge is 2.28. The van der Waals surface area contributed by atoms with Crippen LogP contribution in [0.3, 0.4) is 0 Å². The summed E-state index contributed by atoms with van der Waals surface area (Å²) in [6.07, 6.45) is 1.90. The molecule has 1 aromatic heterocycles. The highest BCUT2D eigenvalue weighted by molar-refractivity contribution is 5.93. The summed E-state index contributed by atoms with van der Waals surface area (Å²) in [5.74, 6) is -1.74. The standard InChI is InChI=1S/C12H18N4O4/c1-6(2)8(12(18)19)14-10(17)9-15-11(20-16-9)7-4-3-5-13-7/h6-8,13H,3-5H2,1-2H3,(H,14,17)(H,18,19)/t7?,8-/m1/s1. The molecule has 1 unspecified atom stereocenters. The molecule has 1 aliphatic heterocycles. The molecule has 0 saturated carbocycles. The summed E-state index contributed by atoms with van der Waals surface area (Å²) >= 11 is 0. The van der Waals surface area contributed by atoms with Crippen molar-refractivity contribution in [2.45, 2.75) is 38.8 Å². The molecule has 2 rings (SSSR count). The van der Waals surface area contributed by atoms with Gasteiger partial charge in [-0.3, -0.25) is 4.79 Å². The molecule has 8 heteroatoms. The Morgan fingerprint density at radius 3 is 2.80 bits per heavy atom. The van der Waals surface area contributed by atoms with Crippen molar-refractivity contribution in [2.75, 3.05) is 6.54 Å². The normalized spacial score (nSPS) is 20.1. The van der Waals surface area contributed by atoms with E-state index in [4.69, 9.17) is 9.63 Å². The number of rotatable bonds is 5. The smallest absolute Gasteiger partial charge is 0.326 e. The van der Waals surface area contributed by atoms with Gasteiger partial charge in [0.05, 0.1) is 6.04 Å². The molecule has 110 valence electrons. The van der Waals surface area contributed by atoms with Gasteiger partial charge in [0.25, 0.3) is 11.7 Å². The summed E-state index contributed by atoms with van der Waals surface area (Å²) < 4.78 is 5.04. The number of carbonyl (C=O) groups excluding carboxylic acids is 1. The van der Waals surface area contributed by atoms with Gasteiger partial charge < -0.3 is 20.3 Å². The quantitative estimate of drug-likeness (QED) is 0.712. The van der Waals surface area contributed by atoms with Gasteiger partial charge in [-0.25, -0.2) is 4.79 Å². The molecule has 2 atom stereocenters. The lowest BCUT2D eigenvalue weighted by molar-refractivity contribution is -0.140. The molecule has 1 aromatic rings. The van der Waals surface area contributed by atoms with Crippen LogP contribution in [0.4, 0.5) is 0 Å². The van der Waals surface area contributed by atoms with E-state index in [0.717, 1.165) is 19.4 Å². The Morgan fingerprint density at radius 2 is 2.25 bits per heavy atom. The number of nitrogens with zero attached hydrogens (tertiary/aromatic N) is 2. The van der Waals surface area contributed by atoms with Gasteiger partial charge in [0.2, 0.25) is 5.89 Å². The zero-order valence-corrected chi connectivity index (χ0v) is 11.4. The third kappa shape index (κ3) is 3.13. The van der Waals surface area contributed by atoms with Gasteiger partial charge in [-0.05, 0) is 25.3 Å². The maximum Gasteiger partial charge on any atom is 0.326 e. The molecule has 0 radical (unpaired) electrons. The molecule has 0 aliphatic carbocycles. The van der Waals surface area contributed by atoms with Crippen LogP contribution in [0.1, 0.15) is 49.2 Å². The van der Waals surface area contributed by atoms with Gasteiger partial charge in [-0.2, -0.15) is 4.98 Å². The Hall–Kier alpha value is -1.96. The van der Waals surface area contributed by atoms with Gasteiger partial charge in [0.15, 0.2) is 0 Å². The van der Waals surface area contributed by atoms with Crippen molar-refractivity contribution in [1.82, 2.24) is 20.8 Å². The Bertz CT molecular complexity index is 493. The number of carboxylic acid groups (broad SMARTS) is 1. The predicted molar refractivity (Wildman–Crippen MR) is 68.0 cm³/mol. The van der Waals surface area contributed by atoms with E-state index in [1.807, 2.05) is 0 Å². The van der Waals surface area contributed by atoms with Crippen molar-refractivity contribution in [2.24, 2.45) is 5.92 Å². The van der Waals surface area contributed by atoms with Crippen LogP contribution in [0.5, 0.6) is 0 Å². The average molecular weight is 282 g/mol. The average Bonchev–Trinajstić information content (AvgIpc) is 3.04. The molecule has 1 aliphatic rings. The molecule has 1 fully saturated rings. The van der Waals surface area contributed by atoms with E-state index in [0.29, 0.717) is 5.89 Å². The third-order valence-corrected chi connectivity index (χ3v) is 3.22. The van der Waals surface area contributed by atoms with Crippen molar-refractivity contribution in [3.8, 4) is 0 Å². The minimum Gasteiger partial charge on any atom is -0.480 e. The van der Waals surface area contributed by atoms with Crippen LogP contribution in [-0.4, -0.2) is 39.7 Å². The number of amides is 1. The van der Waals surface area contributed by atoms with E-state index in [9.17, 15) is 9.59 Å². The second-order valence-electron chi connectivity index (χ2n) is 5.14. The van der Waals surface area contributed by atoms with E-state index in [-0.39, 0.29) is 17.8 Å². The molecule has 20 heavy (non-hydrogen) atoms. The topological polar surface area (TPSA) is 117 Å². The summed E-state index contributed by atoms with van der Waals surface area (Å²) in [6.45, 7) is 4.30. The first-order valence-electron chi connectivity index (χ1n) is 6.59. The van der Waals surface area contributed by atoms with Crippen LogP contribution in [0.2, 0.25) is 0 Å². The van der Waals surface area contributed by atoms with Crippen LogP contribution in [-0.2, 0) is 4.79 Å². The lowest BCUT2D eigenvalue weighted by Crippen LogP contribution is -2.44. The molecular formula is C12H18N4O4. The summed E-state index contributed by atoms with van der Waals surface area (Å²) in [4.78, 5) is 27.0. The van der Waals surface area contributed by atoms with Crippen LogP contribution in [0, 0.1) is 5.92 Å². The van der Waals surface area contributed by atoms with E-state index >= 15 is 0 Å². The van der Waals surface area contributed by atoms with Crippen molar-refractivity contribution in [1.29, 1.82) is 0 Å². The zero-order valence-electron chi connectivity index (χ0n) is 11.4. The monoisotopic (exact) mass is 282 g/mol. The minimum absolute atomic E-state index is 0.0237. The number of nitrogens with one attached hydrogen (secondary N) is 2. The maximum absolute atomic E-state index is 11.9. The van der Waals surface area contributed by atoms with Gasteiger partial charge in [0.1, 0.15) is 6.04 Å². The van der Waals surface area contributed by atoms with Crippen LogP contribution >= 0.6 is 0 Å². The lowest BCUT2D eigenvalue weighted by Gasteiger charge is -2.16. The minimum atomic E-state index is -1.09. The van der Waals surface area contributed by atoms with Crippen LogP contribution in [0.15, 0.2) is 4.52 Å². The predicted octanol–water partition coefficient (Wildman–Crippen LogP) is 0.333. The largest absolute Gasteiger partial charge is 0.480 e. The fourth-order valence-corrected chi connectivity index (χ4v) is 2.08. The number of aromatic nitrogens is 2. The SMILES string of the molecule is CC(C)[C@@H](NC(=O)c1noc(C2CCCN2)n1)C(=O)O. The maximum atomic E-state index is 11.9. The fraction of sp³-hybridized carbons (Fsp3) is 0.667. The highest BCUT2D eigenvalue weighted by atomic mass is 16.5. The van der Waals surface area contributed by atoms with E-state index in [2.05, 4.69) is 20.8 Å². The van der Waals surface area contributed by atoms with E-state index < -0.39 is 17.9 Å². The fourth-order valence-electron chi connectivity index (χ4n) is 2.08. The van der Waals surface area contributed by atoms with Crippen molar-refractivity contribution in [3.05, 3.63) is 11.7 Å². The first-order valence-corrected chi connectivity index (χ1v) is 6.59. The molecule has 1 saturated heterocycles. The van der Waals surface area contributed by atoms with Gasteiger partial charge in [0, 0.05) is 0 Å². The third-order valence-electron chi connectivity index (χ3n) is 3.22. The Labute approximate surface area is 115 Å². The number of aliphatic carboxylic acids is 1. The van der Waals surface area contributed by atoms with Gasteiger partial charge in [-0.1, -0.05) is 19.0 Å². The molecular weight excluding hydrogens is 264 g/mol. The second kappa shape index (κ2) is 6.00. The van der Waals surface area contributed by atoms with Gasteiger partial charge in [-0.15, -0.1) is 0 Å². The van der Waals surface area contributed by atoms with Crippen LogP contribution in [0.25, 0.3) is 0 Å². The highest BCUT2D eigenvalue weighted by Crippen LogP contribution is 2.21. The van der Waals surface area contributed by atoms with Crippen molar-refractivity contribution >= 4 is 11.9 Å². The molecule has 8 nitrogen and oxygen atoms in total. The molecule has 1 amide bonds. The number of carbonyl (C=O) groups is 2. The molecule has 0 spiro atoms. The number of hydrogen-bond acceptors (Lipinski definition) is 6. The first-order chi connectivity index (χ1) is 9.49. The van der Waals surface area contributed by atoms with Gasteiger partial charge >= 0.3 is 5.97 Å². The second-order valence-corrected chi connectivity index (χ2v) is 5.14. The lowest BCUT2D eigenvalue weighted by atomic mass is 10.0. The molecule has 0 bridgehead atoms.